The van der Waals surface area contributed by atoms with Crippen molar-refractivity contribution in [3.05, 3.63) is 39.6 Å². The molecule has 5 heteroatoms. The van der Waals surface area contributed by atoms with Gasteiger partial charge in [-0.3, -0.25) is 0 Å². The first kappa shape index (κ1) is 15.7. The molecule has 1 aromatic heterocycles. The summed E-state index contributed by atoms with van der Waals surface area (Å²) in [6, 6.07) is 6.20. The molecule has 0 radical (unpaired) electrons. The topological polar surface area (TPSA) is 39.7 Å². The highest BCUT2D eigenvalue weighted by molar-refractivity contribution is 7.10. The first-order valence-corrected chi connectivity index (χ1v) is 7.55. The number of nitrogens with one attached hydrogen (secondary N) is 1. The Kier molecular flexibility index (Phi) is 5.09. The molecule has 21 heavy (non-hydrogen) atoms. The number of rotatable bonds is 6. The summed E-state index contributed by atoms with van der Waals surface area (Å²) >= 11 is 1.74. The first-order valence-electron chi connectivity index (χ1n) is 6.67. The van der Waals surface area contributed by atoms with E-state index in [2.05, 4.69) is 23.7 Å². The summed E-state index contributed by atoms with van der Waals surface area (Å²) in [5.74, 6) is 1.95. The van der Waals surface area contributed by atoms with Gasteiger partial charge in [0.25, 0.3) is 0 Å². The van der Waals surface area contributed by atoms with Gasteiger partial charge in [-0.05, 0) is 48.7 Å². The molecule has 114 valence electrons. The molecule has 0 aliphatic heterocycles. The highest BCUT2D eigenvalue weighted by atomic mass is 32.1. The van der Waals surface area contributed by atoms with E-state index in [0.717, 1.165) is 5.56 Å². The third-order valence-corrected chi connectivity index (χ3v) is 4.56. The van der Waals surface area contributed by atoms with Gasteiger partial charge in [-0.25, -0.2) is 0 Å². The lowest BCUT2D eigenvalue weighted by Gasteiger charge is -2.20. The van der Waals surface area contributed by atoms with Gasteiger partial charge >= 0.3 is 0 Å². The van der Waals surface area contributed by atoms with Crippen molar-refractivity contribution in [3.8, 4) is 17.2 Å². The van der Waals surface area contributed by atoms with Gasteiger partial charge < -0.3 is 19.5 Å². The van der Waals surface area contributed by atoms with Gasteiger partial charge in [0, 0.05) is 4.88 Å². The zero-order chi connectivity index (χ0) is 15.4. The van der Waals surface area contributed by atoms with E-state index in [-0.39, 0.29) is 6.04 Å². The van der Waals surface area contributed by atoms with Gasteiger partial charge in [-0.2, -0.15) is 0 Å². The second kappa shape index (κ2) is 6.83. The van der Waals surface area contributed by atoms with Crippen molar-refractivity contribution >= 4 is 11.3 Å². The van der Waals surface area contributed by atoms with Crippen LogP contribution in [0.25, 0.3) is 0 Å². The standard InChI is InChI=1S/C16H21NO3S/c1-10-6-7-21-16(10)14(17-2)11-8-12(18-3)15(20-5)13(9-11)19-4/h6-9,14,17H,1-5H3. The van der Waals surface area contributed by atoms with Crippen LogP contribution in [0, 0.1) is 6.92 Å². The third kappa shape index (κ3) is 2.99. The third-order valence-electron chi connectivity index (χ3n) is 3.47. The molecule has 2 aromatic rings. The molecule has 0 aliphatic carbocycles. The molecular weight excluding hydrogens is 286 g/mol. The van der Waals surface area contributed by atoms with Crippen molar-refractivity contribution in [3.63, 3.8) is 0 Å². The van der Waals surface area contributed by atoms with Gasteiger partial charge in [0.15, 0.2) is 11.5 Å². The van der Waals surface area contributed by atoms with E-state index in [4.69, 9.17) is 14.2 Å². The SMILES string of the molecule is CNC(c1cc(OC)c(OC)c(OC)c1)c1sccc1C. The van der Waals surface area contributed by atoms with Crippen LogP contribution in [-0.4, -0.2) is 28.4 Å². The van der Waals surface area contributed by atoms with Crippen molar-refractivity contribution in [1.82, 2.24) is 5.32 Å². The number of ether oxygens (including phenoxy) is 3. The lowest BCUT2D eigenvalue weighted by Crippen LogP contribution is -2.17. The molecule has 0 saturated heterocycles. The van der Waals surface area contributed by atoms with Gasteiger partial charge in [0.05, 0.1) is 27.4 Å². The predicted octanol–water partition coefficient (Wildman–Crippen LogP) is 3.39. The van der Waals surface area contributed by atoms with Crippen LogP contribution in [0.15, 0.2) is 23.6 Å². The Morgan fingerprint density at radius 2 is 1.67 bits per heavy atom. The number of methoxy groups -OCH3 is 3. The molecule has 0 fully saturated rings. The number of hydrogen-bond donors (Lipinski definition) is 1. The summed E-state index contributed by atoms with van der Waals surface area (Å²) < 4.78 is 16.2. The zero-order valence-corrected chi connectivity index (χ0v) is 13.8. The Labute approximate surface area is 129 Å². The largest absolute Gasteiger partial charge is 0.493 e. The molecule has 0 bridgehead atoms. The molecule has 0 saturated carbocycles. The molecule has 0 amide bonds. The summed E-state index contributed by atoms with van der Waals surface area (Å²) in [5.41, 5.74) is 2.35. The Morgan fingerprint density at radius 3 is 2.05 bits per heavy atom. The van der Waals surface area contributed by atoms with E-state index in [9.17, 15) is 0 Å². The van der Waals surface area contributed by atoms with Crippen LogP contribution in [-0.2, 0) is 0 Å². The highest BCUT2D eigenvalue weighted by Gasteiger charge is 2.20. The van der Waals surface area contributed by atoms with Gasteiger partial charge in [-0.1, -0.05) is 0 Å². The number of benzene rings is 1. The second-order valence-electron chi connectivity index (χ2n) is 4.65. The van der Waals surface area contributed by atoms with Crippen molar-refractivity contribution < 1.29 is 14.2 Å². The Balaban J connectivity index is 2.54. The summed E-state index contributed by atoms with van der Waals surface area (Å²) in [6.07, 6.45) is 0. The van der Waals surface area contributed by atoms with Crippen LogP contribution >= 0.6 is 11.3 Å². The molecule has 4 nitrogen and oxygen atoms in total. The summed E-state index contributed by atoms with van der Waals surface area (Å²) in [7, 11) is 6.82. The minimum Gasteiger partial charge on any atom is -0.493 e. The van der Waals surface area contributed by atoms with Crippen LogP contribution < -0.4 is 19.5 Å². The van der Waals surface area contributed by atoms with Crippen molar-refractivity contribution in [2.24, 2.45) is 0 Å². The molecule has 1 atom stereocenters. The van der Waals surface area contributed by atoms with Crippen molar-refractivity contribution in [1.29, 1.82) is 0 Å². The lowest BCUT2D eigenvalue weighted by atomic mass is 10.0. The second-order valence-corrected chi connectivity index (χ2v) is 5.60. The van der Waals surface area contributed by atoms with Crippen molar-refractivity contribution in [2.45, 2.75) is 13.0 Å². The summed E-state index contributed by atoms with van der Waals surface area (Å²) in [5, 5.41) is 5.46. The fraction of sp³-hybridized carbons (Fsp3) is 0.375. The van der Waals surface area contributed by atoms with E-state index in [1.165, 1.54) is 10.4 Å². The predicted molar refractivity (Wildman–Crippen MR) is 86.1 cm³/mol. The highest BCUT2D eigenvalue weighted by Crippen LogP contribution is 2.41. The van der Waals surface area contributed by atoms with Gasteiger partial charge in [0.2, 0.25) is 5.75 Å². The minimum absolute atomic E-state index is 0.0960. The maximum atomic E-state index is 5.43. The number of thiophene rings is 1. The fourth-order valence-electron chi connectivity index (χ4n) is 2.40. The smallest absolute Gasteiger partial charge is 0.203 e. The Bertz CT molecular complexity index is 584. The molecule has 1 unspecified atom stereocenters. The van der Waals surface area contributed by atoms with Gasteiger partial charge in [-0.15, -0.1) is 11.3 Å². The average molecular weight is 307 g/mol. The maximum Gasteiger partial charge on any atom is 0.203 e. The van der Waals surface area contributed by atoms with E-state index in [1.807, 2.05) is 19.2 Å². The maximum absolute atomic E-state index is 5.43. The van der Waals surface area contributed by atoms with Crippen LogP contribution in [0.3, 0.4) is 0 Å². The fourth-order valence-corrected chi connectivity index (χ4v) is 3.46. The first-order chi connectivity index (χ1) is 10.2. The molecule has 1 N–H and O–H groups in total. The molecule has 0 aliphatic rings. The lowest BCUT2D eigenvalue weighted by molar-refractivity contribution is 0.323. The summed E-state index contributed by atoms with van der Waals surface area (Å²) in [6.45, 7) is 2.12. The number of hydrogen-bond acceptors (Lipinski definition) is 5. The van der Waals surface area contributed by atoms with Crippen LogP contribution in [0.1, 0.15) is 22.0 Å². The average Bonchev–Trinajstić information content (AvgIpc) is 2.93. The monoisotopic (exact) mass is 307 g/mol. The normalized spacial score (nSPS) is 12.0. The molecule has 1 aromatic carbocycles. The van der Waals surface area contributed by atoms with Crippen LogP contribution in [0.2, 0.25) is 0 Å². The summed E-state index contributed by atoms with van der Waals surface area (Å²) in [4.78, 5) is 1.28. The Morgan fingerprint density at radius 1 is 1.05 bits per heavy atom. The minimum atomic E-state index is 0.0960. The van der Waals surface area contributed by atoms with Gasteiger partial charge in [0.1, 0.15) is 0 Å². The molecular formula is C16H21NO3S. The van der Waals surface area contributed by atoms with E-state index in [0.29, 0.717) is 17.2 Å². The molecule has 0 spiro atoms. The number of aryl methyl sites for hydroxylation is 1. The quantitative estimate of drug-likeness (QED) is 0.888. The van der Waals surface area contributed by atoms with Crippen LogP contribution in [0.4, 0.5) is 0 Å². The molecule has 1 heterocycles. The van der Waals surface area contributed by atoms with E-state index in [1.54, 1.807) is 32.7 Å². The zero-order valence-electron chi connectivity index (χ0n) is 13.0. The van der Waals surface area contributed by atoms with Crippen LogP contribution in [0.5, 0.6) is 17.2 Å². The van der Waals surface area contributed by atoms with E-state index >= 15 is 0 Å². The molecule has 2 rings (SSSR count). The Hall–Kier alpha value is -1.72. The van der Waals surface area contributed by atoms with E-state index < -0.39 is 0 Å². The van der Waals surface area contributed by atoms with Crippen molar-refractivity contribution in [2.75, 3.05) is 28.4 Å².